The zero-order valence-corrected chi connectivity index (χ0v) is 9.69. The molecule has 1 aromatic carbocycles. The largest absolute Gasteiger partial charge is 0.399 e. The number of hydrogen-bond donors (Lipinski definition) is 2. The first-order valence-electron chi connectivity index (χ1n) is 4.90. The summed E-state index contributed by atoms with van der Waals surface area (Å²) in [5.41, 5.74) is 7.76. The second-order valence-corrected chi connectivity index (χ2v) is 3.90. The molecule has 82 valence electrons. The first kappa shape index (κ1) is 11.9. The molecule has 1 aromatic rings. The van der Waals surface area contributed by atoms with E-state index < -0.39 is 0 Å². The van der Waals surface area contributed by atoms with Crippen LogP contribution in [-0.2, 0) is 4.79 Å². The van der Waals surface area contributed by atoms with Gasteiger partial charge in [-0.3, -0.25) is 4.79 Å². The SMILES string of the molecule is CCCC(=O)Nc1c(C)cc(N)cc1Cl. The molecule has 0 aliphatic heterocycles. The van der Waals surface area contributed by atoms with Crippen molar-refractivity contribution in [2.45, 2.75) is 26.7 Å². The molecule has 0 spiro atoms. The van der Waals surface area contributed by atoms with Gasteiger partial charge in [0.15, 0.2) is 0 Å². The van der Waals surface area contributed by atoms with Crippen LogP contribution in [0.5, 0.6) is 0 Å². The van der Waals surface area contributed by atoms with Crippen molar-refractivity contribution in [1.29, 1.82) is 0 Å². The molecule has 0 aromatic heterocycles. The summed E-state index contributed by atoms with van der Waals surface area (Å²) in [4.78, 5) is 11.4. The molecular formula is C11H15ClN2O. The molecule has 3 nitrogen and oxygen atoms in total. The lowest BCUT2D eigenvalue weighted by molar-refractivity contribution is -0.116. The smallest absolute Gasteiger partial charge is 0.224 e. The highest BCUT2D eigenvalue weighted by atomic mass is 35.5. The van der Waals surface area contributed by atoms with Crippen molar-refractivity contribution in [2.24, 2.45) is 0 Å². The highest BCUT2D eigenvalue weighted by Gasteiger charge is 2.08. The van der Waals surface area contributed by atoms with E-state index in [0.717, 1.165) is 12.0 Å². The van der Waals surface area contributed by atoms with E-state index in [4.69, 9.17) is 17.3 Å². The fourth-order valence-electron chi connectivity index (χ4n) is 1.36. The molecule has 0 radical (unpaired) electrons. The fraction of sp³-hybridized carbons (Fsp3) is 0.364. The van der Waals surface area contributed by atoms with Gasteiger partial charge in [-0.05, 0) is 31.0 Å². The van der Waals surface area contributed by atoms with Crippen LogP contribution in [0.2, 0.25) is 5.02 Å². The lowest BCUT2D eigenvalue weighted by Crippen LogP contribution is -2.12. The van der Waals surface area contributed by atoms with E-state index in [1.807, 2.05) is 13.8 Å². The Morgan fingerprint density at radius 1 is 1.53 bits per heavy atom. The number of anilines is 2. The third-order valence-corrected chi connectivity index (χ3v) is 2.35. The van der Waals surface area contributed by atoms with Crippen LogP contribution in [0.4, 0.5) is 11.4 Å². The first-order chi connectivity index (χ1) is 7.04. The Bertz CT molecular complexity index is 354. The standard InChI is InChI=1S/C11H15ClN2O/c1-3-4-10(15)14-11-7(2)5-8(13)6-9(11)12/h5-6H,3-4,13H2,1-2H3,(H,14,15). The van der Waals surface area contributed by atoms with E-state index in [1.165, 1.54) is 0 Å². The summed E-state index contributed by atoms with van der Waals surface area (Å²) < 4.78 is 0. The monoisotopic (exact) mass is 226 g/mol. The van der Waals surface area contributed by atoms with Gasteiger partial charge < -0.3 is 11.1 Å². The van der Waals surface area contributed by atoms with E-state index >= 15 is 0 Å². The van der Waals surface area contributed by atoms with E-state index in [9.17, 15) is 4.79 Å². The maximum absolute atomic E-state index is 11.4. The molecular weight excluding hydrogens is 212 g/mol. The minimum atomic E-state index is -0.0210. The van der Waals surface area contributed by atoms with Crippen molar-refractivity contribution in [2.75, 3.05) is 11.1 Å². The Morgan fingerprint density at radius 2 is 2.20 bits per heavy atom. The molecule has 0 fully saturated rings. The van der Waals surface area contributed by atoms with Crippen LogP contribution in [0.15, 0.2) is 12.1 Å². The predicted molar refractivity (Wildman–Crippen MR) is 64.1 cm³/mol. The molecule has 15 heavy (non-hydrogen) atoms. The molecule has 0 saturated heterocycles. The number of carbonyl (C=O) groups is 1. The van der Waals surface area contributed by atoms with Crippen LogP contribution < -0.4 is 11.1 Å². The highest BCUT2D eigenvalue weighted by Crippen LogP contribution is 2.28. The number of aryl methyl sites for hydroxylation is 1. The van der Waals surface area contributed by atoms with Gasteiger partial charge in [-0.2, -0.15) is 0 Å². The average Bonchev–Trinajstić information content (AvgIpc) is 2.11. The van der Waals surface area contributed by atoms with Gasteiger partial charge in [0.05, 0.1) is 10.7 Å². The summed E-state index contributed by atoms with van der Waals surface area (Å²) >= 11 is 5.98. The quantitative estimate of drug-likeness (QED) is 0.779. The molecule has 0 heterocycles. The van der Waals surface area contributed by atoms with Gasteiger partial charge in [0.1, 0.15) is 0 Å². The second-order valence-electron chi connectivity index (χ2n) is 3.49. The van der Waals surface area contributed by atoms with Crippen molar-refractivity contribution in [3.05, 3.63) is 22.7 Å². The van der Waals surface area contributed by atoms with Crippen LogP contribution in [-0.4, -0.2) is 5.91 Å². The summed E-state index contributed by atoms with van der Waals surface area (Å²) in [5.74, 6) is -0.0210. The van der Waals surface area contributed by atoms with Crippen molar-refractivity contribution in [3.63, 3.8) is 0 Å². The Morgan fingerprint density at radius 3 is 2.73 bits per heavy atom. The third-order valence-electron chi connectivity index (χ3n) is 2.05. The minimum absolute atomic E-state index is 0.0210. The van der Waals surface area contributed by atoms with Crippen LogP contribution >= 0.6 is 11.6 Å². The molecule has 0 unspecified atom stereocenters. The van der Waals surface area contributed by atoms with Gasteiger partial charge in [-0.1, -0.05) is 18.5 Å². The number of benzene rings is 1. The summed E-state index contributed by atoms with van der Waals surface area (Å²) in [5, 5.41) is 3.26. The molecule has 0 aliphatic carbocycles. The summed E-state index contributed by atoms with van der Waals surface area (Å²) in [6, 6.07) is 3.42. The lowest BCUT2D eigenvalue weighted by atomic mass is 10.1. The topological polar surface area (TPSA) is 55.1 Å². The Labute approximate surface area is 94.6 Å². The minimum Gasteiger partial charge on any atom is -0.399 e. The van der Waals surface area contributed by atoms with Crippen LogP contribution in [0.3, 0.4) is 0 Å². The average molecular weight is 227 g/mol. The van der Waals surface area contributed by atoms with Gasteiger partial charge in [0.2, 0.25) is 5.91 Å². The number of amides is 1. The van der Waals surface area contributed by atoms with Crippen molar-refractivity contribution in [1.82, 2.24) is 0 Å². The molecule has 1 amide bonds. The van der Waals surface area contributed by atoms with Crippen LogP contribution in [0.25, 0.3) is 0 Å². The Hall–Kier alpha value is -1.22. The summed E-state index contributed by atoms with van der Waals surface area (Å²) in [6.07, 6.45) is 1.32. The van der Waals surface area contributed by atoms with Gasteiger partial charge >= 0.3 is 0 Å². The number of nitrogens with two attached hydrogens (primary N) is 1. The van der Waals surface area contributed by atoms with E-state index in [2.05, 4.69) is 5.32 Å². The Kier molecular flexibility index (Phi) is 3.97. The molecule has 0 atom stereocenters. The van der Waals surface area contributed by atoms with Crippen LogP contribution in [0.1, 0.15) is 25.3 Å². The Balaban J connectivity index is 2.90. The first-order valence-corrected chi connectivity index (χ1v) is 5.28. The van der Waals surface area contributed by atoms with Crippen LogP contribution in [0, 0.1) is 6.92 Å². The normalized spacial score (nSPS) is 10.1. The van der Waals surface area contributed by atoms with E-state index in [0.29, 0.717) is 22.8 Å². The maximum atomic E-state index is 11.4. The number of carbonyl (C=O) groups excluding carboxylic acids is 1. The number of halogens is 1. The van der Waals surface area contributed by atoms with Crippen molar-refractivity contribution >= 4 is 28.9 Å². The highest BCUT2D eigenvalue weighted by molar-refractivity contribution is 6.34. The molecule has 0 aliphatic rings. The summed E-state index contributed by atoms with van der Waals surface area (Å²) in [6.45, 7) is 3.82. The zero-order valence-electron chi connectivity index (χ0n) is 8.93. The van der Waals surface area contributed by atoms with Gasteiger partial charge in [-0.15, -0.1) is 0 Å². The number of hydrogen-bond acceptors (Lipinski definition) is 2. The van der Waals surface area contributed by atoms with Gasteiger partial charge in [0.25, 0.3) is 0 Å². The molecule has 0 saturated carbocycles. The molecule has 4 heteroatoms. The summed E-state index contributed by atoms with van der Waals surface area (Å²) in [7, 11) is 0. The lowest BCUT2D eigenvalue weighted by Gasteiger charge is -2.10. The fourth-order valence-corrected chi connectivity index (χ4v) is 1.68. The maximum Gasteiger partial charge on any atom is 0.224 e. The van der Waals surface area contributed by atoms with E-state index in [-0.39, 0.29) is 5.91 Å². The van der Waals surface area contributed by atoms with E-state index in [1.54, 1.807) is 12.1 Å². The number of rotatable bonds is 3. The van der Waals surface area contributed by atoms with Crippen molar-refractivity contribution in [3.8, 4) is 0 Å². The zero-order chi connectivity index (χ0) is 11.4. The number of nitrogens with one attached hydrogen (secondary N) is 1. The molecule has 0 bridgehead atoms. The van der Waals surface area contributed by atoms with Gasteiger partial charge in [-0.25, -0.2) is 0 Å². The predicted octanol–water partition coefficient (Wildman–Crippen LogP) is 2.97. The second kappa shape index (κ2) is 5.03. The van der Waals surface area contributed by atoms with Crippen molar-refractivity contribution < 1.29 is 4.79 Å². The number of nitrogen functional groups attached to an aromatic ring is 1. The molecule has 1 rings (SSSR count). The molecule has 3 N–H and O–H groups in total. The third kappa shape index (κ3) is 3.13. The van der Waals surface area contributed by atoms with Gasteiger partial charge in [0, 0.05) is 12.1 Å².